The molecule has 66 valence electrons. The fraction of sp³-hybridized carbons (Fsp3) is 0.333. The van der Waals surface area contributed by atoms with Gasteiger partial charge in [0.1, 0.15) is 0 Å². The van der Waals surface area contributed by atoms with E-state index in [0.717, 1.165) is 5.56 Å². The van der Waals surface area contributed by atoms with Crippen LogP contribution in [0.1, 0.15) is 18.0 Å². The van der Waals surface area contributed by atoms with E-state index in [4.69, 9.17) is 17.3 Å². The van der Waals surface area contributed by atoms with E-state index in [-0.39, 0.29) is 6.04 Å². The molecule has 2 N–H and O–H groups in total. The molecule has 0 amide bonds. The van der Waals surface area contributed by atoms with Gasteiger partial charge in [-0.05, 0) is 18.1 Å². The summed E-state index contributed by atoms with van der Waals surface area (Å²) < 4.78 is 11.9. The van der Waals surface area contributed by atoms with Gasteiger partial charge in [0.05, 0.1) is 6.67 Å². The van der Waals surface area contributed by atoms with Crippen molar-refractivity contribution in [2.45, 2.75) is 12.5 Å². The van der Waals surface area contributed by atoms with Crippen molar-refractivity contribution >= 4 is 11.6 Å². The molecular weight excluding hydrogens is 177 g/mol. The van der Waals surface area contributed by atoms with E-state index in [9.17, 15) is 4.39 Å². The molecule has 0 unspecified atom stereocenters. The molecule has 0 bridgehead atoms. The van der Waals surface area contributed by atoms with Crippen LogP contribution in [0.5, 0.6) is 0 Å². The van der Waals surface area contributed by atoms with Gasteiger partial charge in [0, 0.05) is 11.1 Å². The minimum absolute atomic E-state index is 0.288. The van der Waals surface area contributed by atoms with Gasteiger partial charge in [-0.1, -0.05) is 29.8 Å². The van der Waals surface area contributed by atoms with E-state index in [1.54, 1.807) is 6.07 Å². The first-order valence-corrected chi connectivity index (χ1v) is 4.19. The zero-order valence-corrected chi connectivity index (χ0v) is 7.39. The molecule has 0 aliphatic heterocycles. The Balaban J connectivity index is 2.79. The highest BCUT2D eigenvalue weighted by Gasteiger charge is 2.08. The van der Waals surface area contributed by atoms with Crippen LogP contribution in [-0.2, 0) is 0 Å². The van der Waals surface area contributed by atoms with Crippen molar-refractivity contribution in [2.24, 2.45) is 5.73 Å². The summed E-state index contributed by atoms with van der Waals surface area (Å²) in [5.74, 6) is 0. The molecule has 1 rings (SSSR count). The zero-order valence-electron chi connectivity index (χ0n) is 6.63. The summed E-state index contributed by atoms with van der Waals surface area (Å²) in [5.41, 5.74) is 6.50. The lowest BCUT2D eigenvalue weighted by Gasteiger charge is -2.10. The summed E-state index contributed by atoms with van der Waals surface area (Å²) in [7, 11) is 0. The van der Waals surface area contributed by atoms with Crippen LogP contribution >= 0.6 is 11.6 Å². The minimum Gasteiger partial charge on any atom is -0.324 e. The summed E-state index contributed by atoms with van der Waals surface area (Å²) >= 11 is 5.85. The van der Waals surface area contributed by atoms with Gasteiger partial charge in [0.15, 0.2) is 0 Å². The molecule has 0 aliphatic carbocycles. The Morgan fingerprint density at radius 3 is 2.67 bits per heavy atom. The van der Waals surface area contributed by atoms with Crippen LogP contribution in [0.25, 0.3) is 0 Å². The second-order valence-corrected chi connectivity index (χ2v) is 3.01. The Morgan fingerprint density at radius 2 is 2.08 bits per heavy atom. The van der Waals surface area contributed by atoms with Gasteiger partial charge in [-0.2, -0.15) is 0 Å². The molecule has 0 aliphatic rings. The average molecular weight is 188 g/mol. The Kier molecular flexibility index (Phi) is 3.50. The summed E-state index contributed by atoms with van der Waals surface area (Å²) in [6, 6.07) is 6.97. The van der Waals surface area contributed by atoms with Crippen LogP contribution in [0.2, 0.25) is 5.02 Å². The number of hydrogen-bond donors (Lipinski definition) is 1. The van der Waals surface area contributed by atoms with Gasteiger partial charge in [0.25, 0.3) is 0 Å². The number of alkyl halides is 1. The molecule has 1 nitrogen and oxygen atoms in total. The molecule has 0 spiro atoms. The van der Waals surface area contributed by atoms with Gasteiger partial charge < -0.3 is 5.73 Å². The molecule has 1 aromatic carbocycles. The number of benzene rings is 1. The van der Waals surface area contributed by atoms with Gasteiger partial charge >= 0.3 is 0 Å². The van der Waals surface area contributed by atoms with E-state index >= 15 is 0 Å². The van der Waals surface area contributed by atoms with E-state index < -0.39 is 6.67 Å². The normalized spacial score (nSPS) is 12.9. The van der Waals surface area contributed by atoms with E-state index in [1.165, 1.54) is 0 Å². The monoisotopic (exact) mass is 187 g/mol. The van der Waals surface area contributed by atoms with E-state index in [2.05, 4.69) is 0 Å². The molecule has 0 radical (unpaired) electrons. The van der Waals surface area contributed by atoms with Crippen LogP contribution in [-0.4, -0.2) is 6.67 Å². The van der Waals surface area contributed by atoms with Crippen molar-refractivity contribution in [1.82, 2.24) is 0 Å². The first-order chi connectivity index (χ1) is 5.75. The van der Waals surface area contributed by atoms with Crippen molar-refractivity contribution in [3.8, 4) is 0 Å². The standard InChI is InChI=1S/C9H11ClFN/c10-8-4-2-1-3-7(8)9(12)5-6-11/h1-4,9H,5-6,12H2/t9-/m0/s1. The number of halogens is 2. The summed E-state index contributed by atoms with van der Waals surface area (Å²) in [4.78, 5) is 0. The Hall–Kier alpha value is -0.600. The third kappa shape index (κ3) is 2.19. The molecular formula is C9H11ClFN. The molecule has 12 heavy (non-hydrogen) atoms. The van der Waals surface area contributed by atoms with Gasteiger partial charge in [-0.25, -0.2) is 0 Å². The van der Waals surface area contributed by atoms with E-state index in [0.29, 0.717) is 11.4 Å². The SMILES string of the molecule is N[C@@H](CCF)c1ccccc1Cl. The predicted octanol–water partition coefficient (Wildman–Crippen LogP) is 2.70. The van der Waals surface area contributed by atoms with Crippen molar-refractivity contribution in [3.63, 3.8) is 0 Å². The first-order valence-electron chi connectivity index (χ1n) is 3.81. The summed E-state index contributed by atoms with van der Waals surface area (Å²) in [6.45, 7) is -0.410. The third-order valence-corrected chi connectivity index (χ3v) is 2.07. The zero-order chi connectivity index (χ0) is 8.97. The van der Waals surface area contributed by atoms with Crippen LogP contribution in [0.3, 0.4) is 0 Å². The smallest absolute Gasteiger partial charge is 0.0912 e. The molecule has 0 aromatic heterocycles. The second-order valence-electron chi connectivity index (χ2n) is 2.61. The molecule has 0 saturated carbocycles. The van der Waals surface area contributed by atoms with Crippen molar-refractivity contribution in [2.75, 3.05) is 6.67 Å². The highest BCUT2D eigenvalue weighted by molar-refractivity contribution is 6.31. The molecule has 1 aromatic rings. The molecule has 0 saturated heterocycles. The Bertz CT molecular complexity index is 252. The van der Waals surface area contributed by atoms with Crippen molar-refractivity contribution in [3.05, 3.63) is 34.9 Å². The lowest BCUT2D eigenvalue weighted by Crippen LogP contribution is -2.11. The number of nitrogens with two attached hydrogens (primary N) is 1. The van der Waals surface area contributed by atoms with Gasteiger partial charge in [0.2, 0.25) is 0 Å². The maximum Gasteiger partial charge on any atom is 0.0912 e. The highest BCUT2D eigenvalue weighted by atomic mass is 35.5. The number of rotatable bonds is 3. The molecule has 3 heteroatoms. The lowest BCUT2D eigenvalue weighted by molar-refractivity contribution is 0.442. The summed E-state index contributed by atoms with van der Waals surface area (Å²) in [5, 5.41) is 0.610. The fourth-order valence-corrected chi connectivity index (χ4v) is 1.32. The van der Waals surface area contributed by atoms with Crippen molar-refractivity contribution < 1.29 is 4.39 Å². The van der Waals surface area contributed by atoms with Crippen LogP contribution < -0.4 is 5.73 Å². The number of hydrogen-bond acceptors (Lipinski definition) is 1. The predicted molar refractivity (Wildman–Crippen MR) is 49.0 cm³/mol. The maximum absolute atomic E-state index is 11.9. The molecule has 0 fully saturated rings. The van der Waals surface area contributed by atoms with Gasteiger partial charge in [-0.15, -0.1) is 0 Å². The minimum atomic E-state index is -0.410. The average Bonchev–Trinajstić information content (AvgIpc) is 2.05. The van der Waals surface area contributed by atoms with E-state index in [1.807, 2.05) is 18.2 Å². The molecule has 0 heterocycles. The van der Waals surface area contributed by atoms with Crippen molar-refractivity contribution in [1.29, 1.82) is 0 Å². The van der Waals surface area contributed by atoms with Crippen LogP contribution in [0.15, 0.2) is 24.3 Å². The van der Waals surface area contributed by atoms with Crippen LogP contribution in [0.4, 0.5) is 4.39 Å². The largest absolute Gasteiger partial charge is 0.324 e. The molecule has 1 atom stereocenters. The first kappa shape index (κ1) is 9.49. The Labute approximate surface area is 76.3 Å². The maximum atomic E-state index is 11.9. The van der Waals surface area contributed by atoms with Gasteiger partial charge in [-0.3, -0.25) is 4.39 Å². The lowest BCUT2D eigenvalue weighted by atomic mass is 10.1. The third-order valence-electron chi connectivity index (χ3n) is 1.72. The highest BCUT2D eigenvalue weighted by Crippen LogP contribution is 2.22. The Morgan fingerprint density at radius 1 is 1.42 bits per heavy atom. The van der Waals surface area contributed by atoms with Crippen LogP contribution in [0, 0.1) is 0 Å². The topological polar surface area (TPSA) is 26.0 Å². The fourth-order valence-electron chi connectivity index (χ4n) is 1.05. The second kappa shape index (κ2) is 4.43. The quantitative estimate of drug-likeness (QED) is 0.774. The summed E-state index contributed by atoms with van der Waals surface area (Å²) in [6.07, 6.45) is 0.323.